The van der Waals surface area contributed by atoms with Gasteiger partial charge in [0.1, 0.15) is 5.84 Å². The van der Waals surface area contributed by atoms with Crippen LogP contribution in [0.25, 0.3) is 0 Å². The van der Waals surface area contributed by atoms with Crippen LogP contribution in [0.1, 0.15) is 33.6 Å². The molecule has 1 unspecified atom stereocenters. The molecule has 25 heavy (non-hydrogen) atoms. The van der Waals surface area contributed by atoms with E-state index in [9.17, 15) is 14.4 Å². The average molecular weight is 341 g/mol. The fourth-order valence-corrected chi connectivity index (χ4v) is 3.62. The van der Waals surface area contributed by atoms with Crippen molar-refractivity contribution in [1.82, 2.24) is 15.5 Å². The van der Waals surface area contributed by atoms with Gasteiger partial charge in [0.15, 0.2) is 0 Å². The molecular weight excluding hydrogens is 322 g/mol. The molecule has 1 aromatic rings. The molecule has 0 bridgehead atoms. The van der Waals surface area contributed by atoms with Crippen molar-refractivity contribution in [2.75, 3.05) is 31.1 Å². The number of piperidine rings is 1. The highest BCUT2D eigenvalue weighted by Crippen LogP contribution is 2.30. The summed E-state index contributed by atoms with van der Waals surface area (Å²) in [6.07, 6.45) is 0.493. The Labute approximate surface area is 144 Å². The number of nitrogens with zero attached hydrogens (tertiary/aromatic N) is 2. The van der Waals surface area contributed by atoms with Gasteiger partial charge in [-0.15, -0.1) is 0 Å². The lowest BCUT2D eigenvalue weighted by Crippen LogP contribution is -2.53. The van der Waals surface area contributed by atoms with Gasteiger partial charge < -0.3 is 15.5 Å². The van der Waals surface area contributed by atoms with Gasteiger partial charge >= 0.3 is 0 Å². The molecule has 8 heteroatoms. The molecule has 0 saturated carbocycles. The Bertz CT molecular complexity index is 784. The van der Waals surface area contributed by atoms with Crippen molar-refractivity contribution in [3.63, 3.8) is 0 Å². The quantitative estimate of drug-likeness (QED) is 0.654. The summed E-state index contributed by atoms with van der Waals surface area (Å²) < 4.78 is 0. The zero-order valence-electron chi connectivity index (χ0n) is 13.7. The first-order chi connectivity index (χ1) is 12.1. The average Bonchev–Trinajstić information content (AvgIpc) is 2.87. The number of hydrogen-bond donors (Lipinski definition) is 3. The summed E-state index contributed by atoms with van der Waals surface area (Å²) in [5.41, 5.74) is 1.68. The normalized spacial score (nSPS) is 23.8. The van der Waals surface area contributed by atoms with Gasteiger partial charge in [-0.2, -0.15) is 0 Å². The first-order valence-corrected chi connectivity index (χ1v) is 8.42. The van der Waals surface area contributed by atoms with Crippen molar-refractivity contribution in [2.24, 2.45) is 0 Å². The number of carbonyl (C=O) groups excluding carboxylic acids is 3. The molecule has 2 fully saturated rings. The Hall–Kier alpha value is -2.74. The van der Waals surface area contributed by atoms with Crippen LogP contribution in [0.15, 0.2) is 18.2 Å². The van der Waals surface area contributed by atoms with Crippen molar-refractivity contribution < 1.29 is 14.4 Å². The number of amidine groups is 1. The zero-order chi connectivity index (χ0) is 17.6. The van der Waals surface area contributed by atoms with Gasteiger partial charge in [-0.3, -0.25) is 24.7 Å². The lowest BCUT2D eigenvalue weighted by Gasteiger charge is -2.30. The maximum Gasteiger partial charge on any atom is 0.262 e. The summed E-state index contributed by atoms with van der Waals surface area (Å²) in [5.74, 6) is -1.12. The molecule has 3 aliphatic rings. The maximum atomic E-state index is 12.8. The molecule has 0 spiro atoms. The number of anilines is 1. The number of carbonyl (C=O) groups is 3. The number of amides is 3. The zero-order valence-corrected chi connectivity index (χ0v) is 13.7. The van der Waals surface area contributed by atoms with Crippen LogP contribution in [-0.2, 0) is 4.79 Å². The van der Waals surface area contributed by atoms with Crippen LogP contribution in [0.4, 0.5) is 5.69 Å². The smallest absolute Gasteiger partial charge is 0.262 e. The number of fused-ring (bicyclic) bond motifs is 1. The second kappa shape index (κ2) is 5.96. The summed E-state index contributed by atoms with van der Waals surface area (Å²) in [7, 11) is 0. The standard InChI is InChI=1S/C17H19N5O3/c18-15-13(3-4-14(23)20-15)22-16(24)11-2-1-10(9-12(11)17(22)25)21-7-5-19-6-8-21/h1-2,9,13,19H,3-8H2,(H2,18,20,23). The van der Waals surface area contributed by atoms with Crippen LogP contribution in [0.3, 0.4) is 0 Å². The third kappa shape index (κ3) is 2.58. The van der Waals surface area contributed by atoms with E-state index >= 15 is 0 Å². The molecule has 8 nitrogen and oxygen atoms in total. The van der Waals surface area contributed by atoms with Crippen LogP contribution in [0, 0.1) is 5.41 Å². The third-order valence-corrected chi connectivity index (χ3v) is 4.95. The van der Waals surface area contributed by atoms with E-state index in [4.69, 9.17) is 5.41 Å². The Kier molecular flexibility index (Phi) is 3.76. The predicted octanol–water partition coefficient (Wildman–Crippen LogP) is -0.0519. The number of imide groups is 1. The molecule has 2 saturated heterocycles. The van der Waals surface area contributed by atoms with Gasteiger partial charge in [0, 0.05) is 38.3 Å². The van der Waals surface area contributed by atoms with Crippen molar-refractivity contribution in [1.29, 1.82) is 5.41 Å². The second-order valence-electron chi connectivity index (χ2n) is 6.46. The minimum Gasteiger partial charge on any atom is -0.369 e. The first-order valence-electron chi connectivity index (χ1n) is 8.42. The first kappa shape index (κ1) is 15.8. The monoisotopic (exact) mass is 341 g/mol. The third-order valence-electron chi connectivity index (χ3n) is 4.95. The number of nitrogens with one attached hydrogen (secondary N) is 3. The molecule has 130 valence electrons. The van der Waals surface area contributed by atoms with Crippen molar-refractivity contribution in [2.45, 2.75) is 18.9 Å². The molecule has 3 N–H and O–H groups in total. The van der Waals surface area contributed by atoms with Crippen LogP contribution in [0.5, 0.6) is 0 Å². The number of piperazine rings is 1. The van der Waals surface area contributed by atoms with E-state index in [1.165, 1.54) is 0 Å². The van der Waals surface area contributed by atoms with E-state index in [1.807, 2.05) is 6.07 Å². The number of rotatable bonds is 2. The van der Waals surface area contributed by atoms with Gasteiger partial charge in [-0.05, 0) is 24.6 Å². The molecule has 3 aliphatic heterocycles. The highest BCUT2D eigenvalue weighted by Gasteiger charge is 2.43. The van der Waals surface area contributed by atoms with E-state index in [1.54, 1.807) is 12.1 Å². The molecule has 3 amide bonds. The van der Waals surface area contributed by atoms with Crippen LogP contribution >= 0.6 is 0 Å². The summed E-state index contributed by atoms with van der Waals surface area (Å²) in [5, 5.41) is 13.6. The minimum absolute atomic E-state index is 0.0897. The van der Waals surface area contributed by atoms with Gasteiger partial charge in [-0.1, -0.05) is 0 Å². The van der Waals surface area contributed by atoms with Gasteiger partial charge in [0.05, 0.1) is 17.2 Å². The molecule has 0 aliphatic carbocycles. The van der Waals surface area contributed by atoms with Gasteiger partial charge in [0.2, 0.25) is 5.91 Å². The van der Waals surface area contributed by atoms with Crippen molar-refractivity contribution in [3.8, 4) is 0 Å². The van der Waals surface area contributed by atoms with Crippen LogP contribution < -0.4 is 15.5 Å². The van der Waals surface area contributed by atoms with E-state index < -0.39 is 11.9 Å². The Balaban J connectivity index is 1.63. The number of hydrogen-bond acceptors (Lipinski definition) is 6. The predicted molar refractivity (Wildman–Crippen MR) is 90.9 cm³/mol. The molecule has 0 radical (unpaired) electrons. The highest BCUT2D eigenvalue weighted by atomic mass is 16.2. The fraction of sp³-hybridized carbons (Fsp3) is 0.412. The van der Waals surface area contributed by atoms with Crippen molar-refractivity contribution >= 4 is 29.2 Å². The van der Waals surface area contributed by atoms with Gasteiger partial charge in [-0.25, -0.2) is 0 Å². The molecule has 0 aromatic heterocycles. The fourth-order valence-electron chi connectivity index (χ4n) is 3.62. The molecule has 3 heterocycles. The summed E-state index contributed by atoms with van der Waals surface area (Å²) in [6.45, 7) is 3.47. The lowest BCUT2D eigenvalue weighted by atomic mass is 10.0. The Morgan fingerprint density at radius 2 is 1.76 bits per heavy atom. The van der Waals surface area contributed by atoms with Gasteiger partial charge in [0.25, 0.3) is 11.8 Å². The Morgan fingerprint density at radius 3 is 2.48 bits per heavy atom. The minimum atomic E-state index is -0.701. The second-order valence-corrected chi connectivity index (χ2v) is 6.46. The molecule has 1 aromatic carbocycles. The van der Waals surface area contributed by atoms with Crippen molar-refractivity contribution in [3.05, 3.63) is 29.3 Å². The van der Waals surface area contributed by atoms with Crippen LogP contribution in [-0.4, -0.2) is 60.7 Å². The van der Waals surface area contributed by atoms with E-state index in [2.05, 4.69) is 15.5 Å². The summed E-state index contributed by atoms with van der Waals surface area (Å²) in [4.78, 5) is 40.2. The van der Waals surface area contributed by atoms with E-state index in [-0.39, 0.29) is 24.1 Å². The Morgan fingerprint density at radius 1 is 1.04 bits per heavy atom. The molecule has 1 atom stereocenters. The summed E-state index contributed by atoms with van der Waals surface area (Å²) >= 11 is 0. The molecular formula is C17H19N5O3. The summed E-state index contributed by atoms with van der Waals surface area (Å²) in [6, 6.07) is 4.63. The van der Waals surface area contributed by atoms with Crippen LogP contribution in [0.2, 0.25) is 0 Å². The highest BCUT2D eigenvalue weighted by molar-refractivity contribution is 6.23. The molecule has 4 rings (SSSR count). The largest absolute Gasteiger partial charge is 0.369 e. The topological polar surface area (TPSA) is 106 Å². The number of benzene rings is 1. The van der Waals surface area contributed by atoms with E-state index in [0.717, 1.165) is 36.8 Å². The SMILES string of the molecule is N=C1NC(=O)CCC1N1C(=O)c2ccc(N3CCNCC3)cc2C1=O. The lowest BCUT2D eigenvalue weighted by molar-refractivity contribution is -0.120. The maximum absolute atomic E-state index is 12.8. The van der Waals surface area contributed by atoms with E-state index in [0.29, 0.717) is 17.5 Å².